The van der Waals surface area contributed by atoms with Gasteiger partial charge in [-0.3, -0.25) is 0 Å². The van der Waals surface area contributed by atoms with Crippen LogP contribution in [-0.4, -0.2) is 47.3 Å². The van der Waals surface area contributed by atoms with Crippen molar-refractivity contribution in [1.82, 2.24) is 9.88 Å². The second-order valence-corrected chi connectivity index (χ2v) is 3.70. The van der Waals surface area contributed by atoms with Crippen LogP contribution < -0.4 is 10.6 Å². The summed E-state index contributed by atoms with van der Waals surface area (Å²) in [6.07, 6.45) is 0.800. The lowest BCUT2D eigenvalue weighted by Gasteiger charge is -2.33. The third-order valence-corrected chi connectivity index (χ3v) is 2.64. The molecule has 1 amide bonds. The number of nitrogen functional groups attached to an aromatic ring is 1. The van der Waals surface area contributed by atoms with E-state index in [1.165, 1.54) is 4.90 Å². The predicted molar refractivity (Wildman–Crippen MR) is 60.5 cm³/mol. The van der Waals surface area contributed by atoms with Crippen LogP contribution in [0.15, 0.2) is 18.3 Å². The summed E-state index contributed by atoms with van der Waals surface area (Å²) in [4.78, 5) is 18.4. The maximum atomic E-state index is 10.7. The van der Waals surface area contributed by atoms with Crippen LogP contribution in [0.1, 0.15) is 0 Å². The summed E-state index contributed by atoms with van der Waals surface area (Å²) in [6, 6.07) is 3.54. The number of pyridine rings is 1. The predicted octanol–water partition coefficient (Wildman–Crippen LogP) is 0.464. The number of amides is 1. The zero-order valence-electron chi connectivity index (χ0n) is 8.83. The van der Waals surface area contributed by atoms with E-state index in [4.69, 9.17) is 10.8 Å². The highest BCUT2D eigenvalue weighted by Crippen LogP contribution is 2.15. The van der Waals surface area contributed by atoms with Crippen LogP contribution >= 0.6 is 0 Å². The van der Waals surface area contributed by atoms with Gasteiger partial charge in [0.25, 0.3) is 0 Å². The molecule has 0 saturated carbocycles. The zero-order chi connectivity index (χ0) is 11.5. The highest BCUT2D eigenvalue weighted by Gasteiger charge is 2.20. The molecule has 0 atom stereocenters. The van der Waals surface area contributed by atoms with E-state index < -0.39 is 6.09 Å². The standard InChI is InChI=1S/C10H14N4O2/c11-8-1-2-12-9(7-8)13-3-5-14(6-4-13)10(15)16/h1-2,7H,3-6H2,(H2,11,12)(H,15,16). The van der Waals surface area contributed by atoms with Crippen LogP contribution in [0.3, 0.4) is 0 Å². The van der Waals surface area contributed by atoms with Crippen LogP contribution in [0.5, 0.6) is 0 Å². The maximum Gasteiger partial charge on any atom is 0.407 e. The van der Waals surface area contributed by atoms with E-state index in [2.05, 4.69) is 4.98 Å². The van der Waals surface area contributed by atoms with Crippen molar-refractivity contribution in [2.75, 3.05) is 36.8 Å². The molecule has 0 aliphatic carbocycles. The summed E-state index contributed by atoms with van der Waals surface area (Å²) in [5.41, 5.74) is 6.34. The molecule has 1 saturated heterocycles. The highest BCUT2D eigenvalue weighted by atomic mass is 16.4. The molecule has 6 heteroatoms. The Labute approximate surface area is 93.3 Å². The van der Waals surface area contributed by atoms with Gasteiger partial charge in [-0.1, -0.05) is 0 Å². The molecule has 0 radical (unpaired) electrons. The van der Waals surface area contributed by atoms with Crippen molar-refractivity contribution in [3.8, 4) is 0 Å². The Morgan fingerprint density at radius 1 is 1.38 bits per heavy atom. The minimum absolute atomic E-state index is 0.506. The van der Waals surface area contributed by atoms with Gasteiger partial charge in [0, 0.05) is 44.1 Å². The molecular weight excluding hydrogens is 208 g/mol. The van der Waals surface area contributed by atoms with Crippen LogP contribution in [0, 0.1) is 0 Å². The number of rotatable bonds is 1. The third kappa shape index (κ3) is 2.16. The summed E-state index contributed by atoms with van der Waals surface area (Å²) in [5.74, 6) is 0.810. The normalized spacial score (nSPS) is 16.2. The number of nitrogens with two attached hydrogens (primary N) is 1. The van der Waals surface area contributed by atoms with Gasteiger partial charge < -0.3 is 20.6 Å². The second kappa shape index (κ2) is 4.26. The summed E-state index contributed by atoms with van der Waals surface area (Å²) in [7, 11) is 0. The fourth-order valence-corrected chi connectivity index (χ4v) is 1.73. The molecule has 1 aromatic heterocycles. The Morgan fingerprint density at radius 3 is 2.62 bits per heavy atom. The van der Waals surface area contributed by atoms with Crippen LogP contribution in [0.2, 0.25) is 0 Å². The first-order valence-corrected chi connectivity index (χ1v) is 5.11. The van der Waals surface area contributed by atoms with Crippen LogP contribution in [-0.2, 0) is 0 Å². The van der Waals surface area contributed by atoms with Crippen molar-refractivity contribution in [3.05, 3.63) is 18.3 Å². The van der Waals surface area contributed by atoms with Crippen molar-refractivity contribution < 1.29 is 9.90 Å². The average Bonchev–Trinajstić information content (AvgIpc) is 2.29. The highest BCUT2D eigenvalue weighted by molar-refractivity contribution is 5.65. The summed E-state index contributed by atoms with van der Waals surface area (Å²) >= 11 is 0. The van der Waals surface area contributed by atoms with Crippen molar-refractivity contribution in [2.24, 2.45) is 0 Å². The molecule has 6 nitrogen and oxygen atoms in total. The van der Waals surface area contributed by atoms with E-state index in [0.717, 1.165) is 5.82 Å². The number of piperazine rings is 1. The fourth-order valence-electron chi connectivity index (χ4n) is 1.73. The smallest absolute Gasteiger partial charge is 0.407 e. The summed E-state index contributed by atoms with van der Waals surface area (Å²) in [5, 5.41) is 8.81. The number of hydrogen-bond donors (Lipinski definition) is 2. The zero-order valence-corrected chi connectivity index (χ0v) is 8.83. The number of hydrogen-bond acceptors (Lipinski definition) is 4. The Hall–Kier alpha value is -1.98. The minimum Gasteiger partial charge on any atom is -0.465 e. The maximum absolute atomic E-state index is 10.7. The van der Waals surface area contributed by atoms with Crippen molar-refractivity contribution in [3.63, 3.8) is 0 Å². The number of nitrogens with zero attached hydrogens (tertiary/aromatic N) is 3. The quantitative estimate of drug-likeness (QED) is 0.721. The molecule has 1 aliphatic heterocycles. The van der Waals surface area contributed by atoms with Crippen molar-refractivity contribution in [1.29, 1.82) is 0 Å². The molecule has 86 valence electrons. The van der Waals surface area contributed by atoms with E-state index in [0.29, 0.717) is 31.9 Å². The lowest BCUT2D eigenvalue weighted by atomic mass is 10.3. The van der Waals surface area contributed by atoms with E-state index in [1.807, 2.05) is 4.90 Å². The van der Waals surface area contributed by atoms with Gasteiger partial charge in [-0.25, -0.2) is 9.78 Å². The Kier molecular flexibility index (Phi) is 2.80. The van der Waals surface area contributed by atoms with Gasteiger partial charge in [-0.05, 0) is 6.07 Å². The minimum atomic E-state index is -0.861. The van der Waals surface area contributed by atoms with Gasteiger partial charge in [0.15, 0.2) is 0 Å². The first kappa shape index (κ1) is 10.5. The molecule has 1 fully saturated rings. The Morgan fingerprint density at radius 2 is 2.06 bits per heavy atom. The van der Waals surface area contributed by atoms with Crippen molar-refractivity contribution >= 4 is 17.6 Å². The summed E-state index contributed by atoms with van der Waals surface area (Å²) < 4.78 is 0. The van der Waals surface area contributed by atoms with Gasteiger partial charge in [0.05, 0.1) is 0 Å². The van der Waals surface area contributed by atoms with Gasteiger partial charge in [0.2, 0.25) is 0 Å². The van der Waals surface area contributed by atoms with E-state index in [1.54, 1.807) is 18.3 Å². The van der Waals surface area contributed by atoms with Gasteiger partial charge >= 0.3 is 6.09 Å². The van der Waals surface area contributed by atoms with Gasteiger partial charge in [0.1, 0.15) is 5.82 Å². The number of carboxylic acid groups (broad SMARTS) is 1. The first-order chi connectivity index (χ1) is 7.66. The van der Waals surface area contributed by atoms with Crippen LogP contribution in [0.25, 0.3) is 0 Å². The monoisotopic (exact) mass is 222 g/mol. The first-order valence-electron chi connectivity index (χ1n) is 5.11. The molecule has 3 N–H and O–H groups in total. The molecule has 0 bridgehead atoms. The number of carbonyl (C=O) groups is 1. The Balaban J connectivity index is 2.01. The molecule has 2 rings (SSSR count). The molecule has 1 aliphatic rings. The molecule has 0 unspecified atom stereocenters. The molecule has 2 heterocycles. The van der Waals surface area contributed by atoms with Crippen molar-refractivity contribution in [2.45, 2.75) is 0 Å². The fraction of sp³-hybridized carbons (Fsp3) is 0.400. The molecule has 1 aromatic rings. The Bertz CT molecular complexity index is 388. The SMILES string of the molecule is Nc1ccnc(N2CCN(C(=O)O)CC2)c1. The average molecular weight is 222 g/mol. The van der Waals surface area contributed by atoms with Crippen LogP contribution in [0.4, 0.5) is 16.3 Å². The molecule has 0 aromatic carbocycles. The van der Waals surface area contributed by atoms with E-state index >= 15 is 0 Å². The number of aromatic nitrogens is 1. The molecule has 16 heavy (non-hydrogen) atoms. The summed E-state index contributed by atoms with van der Waals surface area (Å²) in [6.45, 7) is 2.32. The van der Waals surface area contributed by atoms with Gasteiger partial charge in [-0.15, -0.1) is 0 Å². The lowest BCUT2D eigenvalue weighted by molar-refractivity contribution is 0.142. The largest absolute Gasteiger partial charge is 0.465 e. The third-order valence-electron chi connectivity index (χ3n) is 2.64. The molecule has 0 spiro atoms. The topological polar surface area (TPSA) is 82.7 Å². The van der Waals surface area contributed by atoms with E-state index in [9.17, 15) is 4.79 Å². The second-order valence-electron chi connectivity index (χ2n) is 3.70. The number of anilines is 2. The lowest BCUT2D eigenvalue weighted by Crippen LogP contribution is -2.48. The molecular formula is C10H14N4O2. The van der Waals surface area contributed by atoms with E-state index in [-0.39, 0.29) is 0 Å². The van der Waals surface area contributed by atoms with Gasteiger partial charge in [-0.2, -0.15) is 0 Å².